The number of hydrogen-bond acceptors (Lipinski definition) is 6. The van der Waals surface area contributed by atoms with Crippen molar-refractivity contribution >= 4 is 5.91 Å². The molecule has 1 amide bonds. The zero-order valence-corrected chi connectivity index (χ0v) is 16.4. The second-order valence-corrected chi connectivity index (χ2v) is 7.78. The van der Waals surface area contributed by atoms with Crippen LogP contribution in [0.1, 0.15) is 50.3 Å². The lowest BCUT2D eigenvalue weighted by molar-refractivity contribution is -0.123. The molecule has 2 heterocycles. The number of carbonyl (C=O) groups is 1. The fourth-order valence-electron chi connectivity index (χ4n) is 4.14. The van der Waals surface area contributed by atoms with E-state index in [2.05, 4.69) is 20.4 Å². The van der Waals surface area contributed by atoms with Crippen LogP contribution in [0, 0.1) is 0 Å². The van der Waals surface area contributed by atoms with Crippen molar-refractivity contribution in [3.05, 3.63) is 30.2 Å². The molecule has 1 N–H and O–H groups in total. The van der Waals surface area contributed by atoms with Crippen molar-refractivity contribution in [1.82, 2.24) is 20.4 Å². The van der Waals surface area contributed by atoms with Gasteiger partial charge in [0.1, 0.15) is 5.75 Å². The molecule has 1 saturated carbocycles. The summed E-state index contributed by atoms with van der Waals surface area (Å²) in [4.78, 5) is 19.0. The number of carbonyl (C=O) groups excluding carboxylic acids is 1. The Kier molecular flexibility index (Phi) is 5.90. The van der Waals surface area contributed by atoms with E-state index in [9.17, 15) is 4.79 Å². The number of nitrogens with zero attached hydrogens (tertiary/aromatic N) is 3. The van der Waals surface area contributed by atoms with Crippen LogP contribution in [0.25, 0.3) is 11.4 Å². The van der Waals surface area contributed by atoms with Crippen LogP contribution in [-0.2, 0) is 4.79 Å². The van der Waals surface area contributed by atoms with Crippen LogP contribution < -0.4 is 10.1 Å². The Bertz CT molecular complexity index is 775. The number of nitrogens with one attached hydrogen (secondary N) is 1. The van der Waals surface area contributed by atoms with E-state index >= 15 is 0 Å². The van der Waals surface area contributed by atoms with Crippen LogP contribution in [-0.4, -0.2) is 53.7 Å². The van der Waals surface area contributed by atoms with Crippen LogP contribution in [0.3, 0.4) is 0 Å². The molecule has 7 nitrogen and oxygen atoms in total. The first-order valence-electron chi connectivity index (χ1n) is 10.2. The van der Waals surface area contributed by atoms with Crippen molar-refractivity contribution in [3.63, 3.8) is 0 Å². The maximum atomic E-state index is 12.2. The molecule has 2 aliphatic rings. The summed E-state index contributed by atoms with van der Waals surface area (Å²) in [6.07, 6.45) is 6.59. The summed E-state index contributed by atoms with van der Waals surface area (Å²) in [5.74, 6) is 2.52. The van der Waals surface area contributed by atoms with Gasteiger partial charge in [-0.15, -0.1) is 0 Å². The van der Waals surface area contributed by atoms with Crippen molar-refractivity contribution in [3.8, 4) is 17.1 Å². The molecule has 1 aliphatic heterocycles. The van der Waals surface area contributed by atoms with E-state index in [1.165, 1.54) is 12.8 Å². The summed E-state index contributed by atoms with van der Waals surface area (Å²) in [6, 6.07) is 8.03. The number of ether oxygens (including phenoxy) is 1. The van der Waals surface area contributed by atoms with Crippen LogP contribution in [0.4, 0.5) is 0 Å². The van der Waals surface area contributed by atoms with E-state index in [4.69, 9.17) is 9.26 Å². The molecular weight excluding hydrogens is 356 g/mol. The predicted molar refractivity (Wildman–Crippen MR) is 105 cm³/mol. The SMILES string of the molecule is COc1ccc(-c2noc(C3CCN(CC(=O)NC4CCCC4)CC3)n2)cc1. The topological polar surface area (TPSA) is 80.5 Å². The first-order chi connectivity index (χ1) is 13.7. The van der Waals surface area contributed by atoms with Gasteiger partial charge in [-0.25, -0.2) is 0 Å². The maximum absolute atomic E-state index is 12.2. The average molecular weight is 384 g/mol. The molecule has 0 spiro atoms. The van der Waals surface area contributed by atoms with Gasteiger partial charge in [-0.2, -0.15) is 4.98 Å². The summed E-state index contributed by atoms with van der Waals surface area (Å²) in [5.41, 5.74) is 0.914. The van der Waals surface area contributed by atoms with Gasteiger partial charge in [0.15, 0.2) is 0 Å². The first kappa shape index (κ1) is 18.9. The third kappa shape index (κ3) is 4.52. The lowest BCUT2D eigenvalue weighted by atomic mass is 9.97. The zero-order chi connectivity index (χ0) is 19.3. The van der Waals surface area contributed by atoms with Crippen molar-refractivity contribution in [2.75, 3.05) is 26.7 Å². The Morgan fingerprint density at radius 2 is 1.89 bits per heavy atom. The summed E-state index contributed by atoms with van der Waals surface area (Å²) in [5, 5.41) is 7.31. The average Bonchev–Trinajstić information content (AvgIpc) is 3.41. The Morgan fingerprint density at radius 1 is 1.18 bits per heavy atom. The minimum atomic E-state index is 0.157. The molecule has 1 aromatic carbocycles. The van der Waals surface area contributed by atoms with Gasteiger partial charge in [0.25, 0.3) is 0 Å². The predicted octanol–water partition coefficient (Wildman–Crippen LogP) is 2.98. The van der Waals surface area contributed by atoms with E-state index in [0.29, 0.717) is 24.3 Å². The highest BCUT2D eigenvalue weighted by atomic mass is 16.5. The largest absolute Gasteiger partial charge is 0.497 e. The van der Waals surface area contributed by atoms with Gasteiger partial charge in [0.2, 0.25) is 17.6 Å². The van der Waals surface area contributed by atoms with E-state index in [-0.39, 0.29) is 11.8 Å². The Balaban J connectivity index is 1.27. The normalized spacial score (nSPS) is 19.0. The second-order valence-electron chi connectivity index (χ2n) is 7.78. The molecule has 0 atom stereocenters. The van der Waals surface area contributed by atoms with E-state index in [0.717, 1.165) is 50.1 Å². The monoisotopic (exact) mass is 384 g/mol. The smallest absolute Gasteiger partial charge is 0.234 e. The van der Waals surface area contributed by atoms with Gasteiger partial charge in [0.05, 0.1) is 13.7 Å². The number of amides is 1. The Labute approximate surface area is 165 Å². The molecule has 2 fully saturated rings. The third-order valence-electron chi connectivity index (χ3n) is 5.81. The van der Waals surface area contributed by atoms with Crippen LogP contribution in [0.2, 0.25) is 0 Å². The van der Waals surface area contributed by atoms with Crippen LogP contribution >= 0.6 is 0 Å². The second kappa shape index (κ2) is 8.73. The number of benzene rings is 1. The van der Waals surface area contributed by atoms with Crippen molar-refractivity contribution < 1.29 is 14.1 Å². The molecule has 28 heavy (non-hydrogen) atoms. The minimum absolute atomic E-state index is 0.157. The van der Waals surface area contributed by atoms with Gasteiger partial charge in [-0.3, -0.25) is 9.69 Å². The summed E-state index contributed by atoms with van der Waals surface area (Å²) >= 11 is 0. The van der Waals surface area contributed by atoms with Crippen LogP contribution in [0.5, 0.6) is 5.75 Å². The lowest BCUT2D eigenvalue weighted by Gasteiger charge is -2.30. The number of hydrogen-bond donors (Lipinski definition) is 1. The molecule has 1 aromatic heterocycles. The summed E-state index contributed by atoms with van der Waals surface area (Å²) in [7, 11) is 1.65. The Hall–Kier alpha value is -2.41. The molecule has 0 bridgehead atoms. The number of likely N-dealkylation sites (tertiary alicyclic amines) is 1. The minimum Gasteiger partial charge on any atom is -0.497 e. The summed E-state index contributed by atoms with van der Waals surface area (Å²) < 4.78 is 10.7. The molecule has 0 unspecified atom stereocenters. The molecule has 4 rings (SSSR count). The van der Waals surface area contributed by atoms with Gasteiger partial charge in [-0.05, 0) is 63.0 Å². The highest BCUT2D eigenvalue weighted by Crippen LogP contribution is 2.29. The van der Waals surface area contributed by atoms with E-state index < -0.39 is 0 Å². The van der Waals surface area contributed by atoms with Crippen molar-refractivity contribution in [2.24, 2.45) is 0 Å². The quantitative estimate of drug-likeness (QED) is 0.825. The number of rotatable bonds is 6. The summed E-state index contributed by atoms with van der Waals surface area (Å²) in [6.45, 7) is 2.25. The molecular formula is C21H28N4O3. The molecule has 150 valence electrons. The fraction of sp³-hybridized carbons (Fsp3) is 0.571. The van der Waals surface area contributed by atoms with Gasteiger partial charge < -0.3 is 14.6 Å². The van der Waals surface area contributed by atoms with E-state index in [1.54, 1.807) is 7.11 Å². The highest BCUT2D eigenvalue weighted by Gasteiger charge is 2.27. The molecule has 1 aliphatic carbocycles. The van der Waals surface area contributed by atoms with Gasteiger partial charge >= 0.3 is 0 Å². The third-order valence-corrected chi connectivity index (χ3v) is 5.81. The zero-order valence-electron chi connectivity index (χ0n) is 16.4. The van der Waals surface area contributed by atoms with Gasteiger partial charge in [0, 0.05) is 17.5 Å². The Morgan fingerprint density at radius 3 is 2.57 bits per heavy atom. The number of piperidine rings is 1. The van der Waals surface area contributed by atoms with Gasteiger partial charge in [-0.1, -0.05) is 18.0 Å². The molecule has 0 radical (unpaired) electrons. The van der Waals surface area contributed by atoms with Crippen molar-refractivity contribution in [1.29, 1.82) is 0 Å². The molecule has 7 heteroatoms. The van der Waals surface area contributed by atoms with Crippen LogP contribution in [0.15, 0.2) is 28.8 Å². The first-order valence-corrected chi connectivity index (χ1v) is 10.2. The number of aromatic nitrogens is 2. The lowest BCUT2D eigenvalue weighted by Crippen LogP contribution is -2.43. The molecule has 2 aromatic rings. The number of methoxy groups -OCH3 is 1. The fourth-order valence-corrected chi connectivity index (χ4v) is 4.14. The molecule has 1 saturated heterocycles. The van der Waals surface area contributed by atoms with E-state index in [1.807, 2.05) is 24.3 Å². The maximum Gasteiger partial charge on any atom is 0.234 e. The standard InChI is InChI=1S/C21H28N4O3/c1-27-18-8-6-15(7-9-18)20-23-21(28-24-20)16-10-12-25(13-11-16)14-19(26)22-17-4-2-3-5-17/h6-9,16-17H,2-5,10-14H2,1H3,(H,22,26). The van der Waals surface area contributed by atoms with Crippen molar-refractivity contribution in [2.45, 2.75) is 50.5 Å². The highest BCUT2D eigenvalue weighted by molar-refractivity contribution is 5.78.